The molecule has 0 radical (unpaired) electrons. The first-order valence-corrected chi connectivity index (χ1v) is 8.01. The van der Waals surface area contributed by atoms with Crippen molar-refractivity contribution in [1.29, 1.82) is 0 Å². The average Bonchev–Trinajstić information content (AvgIpc) is 2.97. The predicted molar refractivity (Wildman–Crippen MR) is 86.8 cm³/mol. The molecule has 0 fully saturated rings. The van der Waals surface area contributed by atoms with E-state index < -0.39 is 0 Å². The van der Waals surface area contributed by atoms with Crippen LogP contribution in [0.3, 0.4) is 0 Å². The van der Waals surface area contributed by atoms with E-state index in [1.165, 1.54) is 46.4 Å². The lowest BCUT2D eigenvalue weighted by Gasteiger charge is -2.14. The molecule has 0 atom stereocenters. The number of nitrogen functional groups attached to an aromatic ring is 1. The summed E-state index contributed by atoms with van der Waals surface area (Å²) in [4.78, 5) is 1.49. The topological polar surface area (TPSA) is 35.2 Å². The summed E-state index contributed by atoms with van der Waals surface area (Å²) in [5, 5.41) is 0.967. The largest absolute Gasteiger partial charge is 0.496 e. The van der Waals surface area contributed by atoms with Gasteiger partial charge in [0.1, 0.15) is 5.75 Å². The number of ether oxygens (including phenoxy) is 1. The van der Waals surface area contributed by atoms with Crippen LogP contribution in [0.5, 0.6) is 5.75 Å². The van der Waals surface area contributed by atoms with Gasteiger partial charge in [0.05, 0.1) is 12.1 Å². The Morgan fingerprint density at radius 2 is 2.05 bits per heavy atom. The number of methoxy groups -OCH3 is 1. The Labute approximate surface area is 124 Å². The molecule has 2 nitrogen and oxygen atoms in total. The summed E-state index contributed by atoms with van der Waals surface area (Å²) in [7, 11) is 1.73. The van der Waals surface area contributed by atoms with Crippen LogP contribution in [0.1, 0.15) is 42.2 Å². The zero-order valence-corrected chi connectivity index (χ0v) is 13.1. The Morgan fingerprint density at radius 1 is 1.25 bits per heavy atom. The van der Waals surface area contributed by atoms with Gasteiger partial charge in [-0.15, -0.1) is 11.3 Å². The van der Waals surface area contributed by atoms with E-state index in [9.17, 15) is 0 Å². The second-order valence-electron chi connectivity index (χ2n) is 5.71. The Hall–Kier alpha value is -1.48. The molecular formula is C17H21NOS. The minimum atomic E-state index is 0.442. The zero-order chi connectivity index (χ0) is 14.3. The smallest absolute Gasteiger partial charge is 0.122 e. The van der Waals surface area contributed by atoms with Gasteiger partial charge >= 0.3 is 0 Å². The fraction of sp³-hybridized carbons (Fsp3) is 0.412. The summed E-state index contributed by atoms with van der Waals surface area (Å²) in [5.41, 5.74) is 11.5. The Balaban J connectivity index is 2.14. The van der Waals surface area contributed by atoms with Gasteiger partial charge < -0.3 is 10.5 Å². The van der Waals surface area contributed by atoms with Crippen LogP contribution >= 0.6 is 11.3 Å². The highest BCUT2D eigenvalue weighted by Gasteiger charge is 2.22. The Morgan fingerprint density at radius 3 is 2.75 bits per heavy atom. The van der Waals surface area contributed by atoms with Crippen molar-refractivity contribution in [3.05, 3.63) is 34.2 Å². The normalized spacial score (nSPS) is 13.8. The van der Waals surface area contributed by atoms with Gasteiger partial charge in [-0.3, -0.25) is 0 Å². The molecule has 1 aromatic carbocycles. The molecule has 0 unspecified atom stereocenters. The number of benzene rings is 1. The molecule has 1 aromatic heterocycles. The molecule has 1 aliphatic rings. The van der Waals surface area contributed by atoms with Gasteiger partial charge in [0.2, 0.25) is 0 Å². The summed E-state index contributed by atoms with van der Waals surface area (Å²) >= 11 is 1.77. The minimum Gasteiger partial charge on any atom is -0.496 e. The van der Waals surface area contributed by atoms with Crippen LogP contribution < -0.4 is 10.5 Å². The first kappa shape index (κ1) is 13.5. The highest BCUT2D eigenvalue weighted by atomic mass is 32.1. The molecule has 0 amide bonds. The van der Waals surface area contributed by atoms with Crippen LogP contribution in [-0.2, 0) is 12.8 Å². The fourth-order valence-corrected chi connectivity index (χ4v) is 4.27. The van der Waals surface area contributed by atoms with E-state index in [-0.39, 0.29) is 0 Å². The van der Waals surface area contributed by atoms with Gasteiger partial charge in [-0.05, 0) is 54.0 Å². The van der Waals surface area contributed by atoms with Crippen molar-refractivity contribution in [2.24, 2.45) is 0 Å². The minimum absolute atomic E-state index is 0.442. The Kier molecular flexibility index (Phi) is 3.47. The van der Waals surface area contributed by atoms with Gasteiger partial charge in [0.15, 0.2) is 0 Å². The monoisotopic (exact) mass is 287 g/mol. The molecule has 0 saturated heterocycles. The van der Waals surface area contributed by atoms with Gasteiger partial charge in [-0.2, -0.15) is 0 Å². The van der Waals surface area contributed by atoms with Crippen molar-refractivity contribution in [2.45, 2.75) is 39.0 Å². The van der Waals surface area contributed by atoms with Crippen LogP contribution in [0.4, 0.5) is 5.00 Å². The number of fused-ring (bicyclic) bond motifs is 1. The van der Waals surface area contributed by atoms with Crippen molar-refractivity contribution in [3.63, 3.8) is 0 Å². The first-order chi connectivity index (χ1) is 9.61. The van der Waals surface area contributed by atoms with Crippen molar-refractivity contribution < 1.29 is 4.74 Å². The number of hydrogen-bond acceptors (Lipinski definition) is 3. The molecule has 0 bridgehead atoms. The maximum atomic E-state index is 6.27. The standard InChI is InChI=1S/C17H21NOS/c1-10(2)13-9-11(7-8-14(13)19-3)16-12-5-4-6-15(12)20-17(16)18/h7-10H,4-6,18H2,1-3H3. The average molecular weight is 287 g/mol. The maximum absolute atomic E-state index is 6.27. The molecule has 106 valence electrons. The molecule has 1 aliphatic carbocycles. The summed E-state index contributed by atoms with van der Waals surface area (Å²) in [6.45, 7) is 4.39. The number of hydrogen-bond donors (Lipinski definition) is 1. The van der Waals surface area contributed by atoms with Crippen LogP contribution in [0, 0.1) is 0 Å². The molecule has 0 aliphatic heterocycles. The quantitative estimate of drug-likeness (QED) is 0.894. The number of aryl methyl sites for hydroxylation is 1. The second-order valence-corrected chi connectivity index (χ2v) is 6.84. The molecule has 0 saturated carbocycles. The second kappa shape index (κ2) is 5.13. The molecule has 3 rings (SSSR count). The summed E-state index contributed by atoms with van der Waals surface area (Å²) in [5.74, 6) is 1.41. The SMILES string of the molecule is COc1ccc(-c2c(N)sc3c2CCC3)cc1C(C)C. The van der Waals surface area contributed by atoms with E-state index in [4.69, 9.17) is 10.5 Å². The lowest BCUT2D eigenvalue weighted by atomic mass is 9.95. The third-order valence-electron chi connectivity index (χ3n) is 4.09. The van der Waals surface area contributed by atoms with E-state index in [1.54, 1.807) is 18.4 Å². The lowest BCUT2D eigenvalue weighted by molar-refractivity contribution is 0.407. The lowest BCUT2D eigenvalue weighted by Crippen LogP contribution is -1.96. The van der Waals surface area contributed by atoms with Crippen LogP contribution in [-0.4, -0.2) is 7.11 Å². The third-order valence-corrected chi connectivity index (χ3v) is 5.21. The predicted octanol–water partition coefficient (Wildman–Crippen LogP) is 4.62. The Bertz CT molecular complexity index is 643. The number of nitrogens with two attached hydrogens (primary N) is 1. The molecule has 20 heavy (non-hydrogen) atoms. The molecule has 3 heteroatoms. The third kappa shape index (κ3) is 2.10. The van der Waals surface area contributed by atoms with E-state index in [0.29, 0.717) is 5.92 Å². The van der Waals surface area contributed by atoms with Gasteiger partial charge in [0.25, 0.3) is 0 Å². The summed E-state index contributed by atoms with van der Waals surface area (Å²) in [6, 6.07) is 6.46. The van der Waals surface area contributed by atoms with E-state index in [0.717, 1.165) is 10.8 Å². The molecular weight excluding hydrogens is 266 g/mol. The van der Waals surface area contributed by atoms with E-state index >= 15 is 0 Å². The number of thiophene rings is 1. The highest BCUT2D eigenvalue weighted by Crippen LogP contribution is 2.44. The van der Waals surface area contributed by atoms with Crippen LogP contribution in [0.25, 0.3) is 11.1 Å². The fourth-order valence-electron chi connectivity index (χ4n) is 3.08. The summed E-state index contributed by atoms with van der Waals surface area (Å²) < 4.78 is 5.47. The van der Waals surface area contributed by atoms with E-state index in [1.807, 2.05) is 0 Å². The first-order valence-electron chi connectivity index (χ1n) is 7.20. The van der Waals surface area contributed by atoms with Crippen LogP contribution in [0.15, 0.2) is 18.2 Å². The van der Waals surface area contributed by atoms with Crippen molar-refractivity contribution in [2.75, 3.05) is 12.8 Å². The van der Waals surface area contributed by atoms with Crippen molar-refractivity contribution in [1.82, 2.24) is 0 Å². The molecule has 2 aromatic rings. The van der Waals surface area contributed by atoms with Gasteiger partial charge in [-0.1, -0.05) is 19.9 Å². The van der Waals surface area contributed by atoms with Gasteiger partial charge in [-0.25, -0.2) is 0 Å². The summed E-state index contributed by atoms with van der Waals surface area (Å²) in [6.07, 6.45) is 3.63. The van der Waals surface area contributed by atoms with Crippen molar-refractivity contribution >= 4 is 16.3 Å². The maximum Gasteiger partial charge on any atom is 0.122 e. The van der Waals surface area contributed by atoms with E-state index in [2.05, 4.69) is 32.0 Å². The number of rotatable bonds is 3. The molecule has 2 N–H and O–H groups in total. The van der Waals surface area contributed by atoms with Gasteiger partial charge in [0, 0.05) is 10.4 Å². The molecule has 0 spiro atoms. The molecule has 1 heterocycles. The zero-order valence-electron chi connectivity index (χ0n) is 12.3. The number of anilines is 1. The van der Waals surface area contributed by atoms with Crippen molar-refractivity contribution in [3.8, 4) is 16.9 Å². The highest BCUT2D eigenvalue weighted by molar-refractivity contribution is 7.16. The van der Waals surface area contributed by atoms with Crippen LogP contribution in [0.2, 0.25) is 0 Å².